The van der Waals surface area contributed by atoms with Gasteiger partial charge in [-0.1, -0.05) is 0 Å². The van der Waals surface area contributed by atoms with Crippen molar-refractivity contribution in [3.05, 3.63) is 23.4 Å². The number of nitrogens with zero attached hydrogens (tertiary/aromatic N) is 2. The maximum atomic E-state index is 12.7. The average molecular weight is 304 g/mol. The van der Waals surface area contributed by atoms with Gasteiger partial charge in [0.2, 0.25) is 0 Å². The molecular formula is C14H19F3N2O2. The molecule has 7 heteroatoms. The molecule has 0 saturated carbocycles. The number of aliphatic hydroxyl groups is 1. The van der Waals surface area contributed by atoms with Crippen LogP contribution in [0.25, 0.3) is 0 Å². The molecule has 21 heavy (non-hydrogen) atoms. The lowest BCUT2D eigenvalue weighted by Gasteiger charge is -2.28. The van der Waals surface area contributed by atoms with E-state index in [1.54, 1.807) is 6.07 Å². The van der Waals surface area contributed by atoms with E-state index in [4.69, 9.17) is 9.84 Å². The van der Waals surface area contributed by atoms with E-state index in [1.807, 2.05) is 17.9 Å². The Morgan fingerprint density at radius 2 is 2.00 bits per heavy atom. The quantitative estimate of drug-likeness (QED) is 0.923. The number of aryl methyl sites for hydroxylation is 1. The number of hydrogen-bond acceptors (Lipinski definition) is 4. The van der Waals surface area contributed by atoms with Crippen molar-refractivity contribution in [1.82, 2.24) is 4.98 Å². The number of aromatic nitrogens is 1. The third-order valence-electron chi connectivity index (χ3n) is 3.48. The molecule has 0 aliphatic carbocycles. The minimum Gasteiger partial charge on any atom is -0.396 e. The molecule has 1 aromatic heterocycles. The van der Waals surface area contributed by atoms with Crippen LogP contribution in [0.15, 0.2) is 12.1 Å². The van der Waals surface area contributed by atoms with Crippen molar-refractivity contribution in [2.45, 2.75) is 19.5 Å². The van der Waals surface area contributed by atoms with Crippen LogP contribution < -0.4 is 4.90 Å². The van der Waals surface area contributed by atoms with Gasteiger partial charge in [0.05, 0.1) is 25.7 Å². The first-order chi connectivity index (χ1) is 9.90. The molecule has 0 spiro atoms. The zero-order valence-corrected chi connectivity index (χ0v) is 11.9. The van der Waals surface area contributed by atoms with Gasteiger partial charge in [-0.2, -0.15) is 13.2 Å². The van der Waals surface area contributed by atoms with Crippen LogP contribution in [0.5, 0.6) is 0 Å². The van der Waals surface area contributed by atoms with Gasteiger partial charge in [0.15, 0.2) is 0 Å². The molecule has 1 atom stereocenters. The summed E-state index contributed by atoms with van der Waals surface area (Å²) >= 11 is 0. The van der Waals surface area contributed by atoms with Crippen LogP contribution in [0.2, 0.25) is 0 Å². The van der Waals surface area contributed by atoms with Crippen molar-refractivity contribution in [3.8, 4) is 0 Å². The van der Waals surface area contributed by atoms with Crippen LogP contribution in [0.1, 0.15) is 11.3 Å². The SMILES string of the molecule is Cc1cc(C[C@@H](CO)C(F)(F)F)nc(N2CCOCC2)c1. The lowest BCUT2D eigenvalue weighted by molar-refractivity contribution is -0.183. The Labute approximate surface area is 121 Å². The molecule has 0 unspecified atom stereocenters. The second kappa shape index (κ2) is 6.62. The van der Waals surface area contributed by atoms with Gasteiger partial charge in [0.1, 0.15) is 5.82 Å². The third-order valence-corrected chi connectivity index (χ3v) is 3.48. The zero-order chi connectivity index (χ0) is 15.5. The van der Waals surface area contributed by atoms with Gasteiger partial charge in [-0.15, -0.1) is 0 Å². The largest absolute Gasteiger partial charge is 0.396 e. The Morgan fingerprint density at radius 1 is 1.33 bits per heavy atom. The Balaban J connectivity index is 2.18. The zero-order valence-electron chi connectivity index (χ0n) is 11.9. The second-order valence-corrected chi connectivity index (χ2v) is 5.22. The Morgan fingerprint density at radius 3 is 2.57 bits per heavy atom. The smallest absolute Gasteiger partial charge is 0.394 e. The Kier molecular flexibility index (Phi) is 5.05. The van der Waals surface area contributed by atoms with Crippen LogP contribution in [0.4, 0.5) is 19.0 Å². The molecule has 1 aliphatic heterocycles. The van der Waals surface area contributed by atoms with E-state index in [1.165, 1.54) is 0 Å². The molecule has 0 radical (unpaired) electrons. The molecule has 0 bridgehead atoms. The Hall–Kier alpha value is -1.34. The van der Waals surface area contributed by atoms with Crippen molar-refractivity contribution in [1.29, 1.82) is 0 Å². The summed E-state index contributed by atoms with van der Waals surface area (Å²) in [6.45, 7) is 3.44. The van der Waals surface area contributed by atoms with Crippen molar-refractivity contribution >= 4 is 5.82 Å². The highest BCUT2D eigenvalue weighted by molar-refractivity contribution is 5.42. The summed E-state index contributed by atoms with van der Waals surface area (Å²) in [5.41, 5.74) is 1.22. The summed E-state index contributed by atoms with van der Waals surface area (Å²) in [7, 11) is 0. The third kappa shape index (κ3) is 4.31. The van der Waals surface area contributed by atoms with E-state index in [2.05, 4.69) is 4.98 Å². The average Bonchev–Trinajstić information content (AvgIpc) is 2.44. The van der Waals surface area contributed by atoms with Gasteiger partial charge >= 0.3 is 6.18 Å². The van der Waals surface area contributed by atoms with Crippen LogP contribution in [0.3, 0.4) is 0 Å². The van der Waals surface area contributed by atoms with Crippen LogP contribution in [-0.4, -0.2) is 49.2 Å². The number of ether oxygens (including phenoxy) is 1. The fourth-order valence-corrected chi connectivity index (χ4v) is 2.32. The number of rotatable bonds is 4. The molecule has 1 saturated heterocycles. The normalized spacial score (nSPS) is 17.9. The van der Waals surface area contributed by atoms with E-state index >= 15 is 0 Å². The molecule has 0 amide bonds. The fraction of sp³-hybridized carbons (Fsp3) is 0.643. The molecule has 2 heterocycles. The number of morpholine rings is 1. The topological polar surface area (TPSA) is 45.6 Å². The molecular weight excluding hydrogens is 285 g/mol. The van der Waals surface area contributed by atoms with Gasteiger partial charge in [-0.05, 0) is 24.6 Å². The fourth-order valence-electron chi connectivity index (χ4n) is 2.32. The summed E-state index contributed by atoms with van der Waals surface area (Å²) in [6.07, 6.45) is -4.72. The summed E-state index contributed by atoms with van der Waals surface area (Å²) in [6, 6.07) is 3.49. The molecule has 1 aliphatic rings. The van der Waals surface area contributed by atoms with Gasteiger partial charge in [-0.25, -0.2) is 4.98 Å². The molecule has 1 fully saturated rings. The van der Waals surface area contributed by atoms with E-state index in [0.29, 0.717) is 37.8 Å². The molecule has 1 aromatic rings. The second-order valence-electron chi connectivity index (χ2n) is 5.22. The van der Waals surface area contributed by atoms with Crippen LogP contribution in [-0.2, 0) is 11.2 Å². The first-order valence-electron chi connectivity index (χ1n) is 6.88. The van der Waals surface area contributed by atoms with Gasteiger partial charge < -0.3 is 14.7 Å². The van der Waals surface area contributed by atoms with Crippen LogP contribution >= 0.6 is 0 Å². The van der Waals surface area contributed by atoms with Crippen molar-refractivity contribution in [3.63, 3.8) is 0 Å². The first-order valence-corrected chi connectivity index (χ1v) is 6.88. The van der Waals surface area contributed by atoms with E-state index < -0.39 is 18.7 Å². The molecule has 0 aromatic carbocycles. The number of anilines is 1. The highest BCUT2D eigenvalue weighted by Crippen LogP contribution is 2.29. The summed E-state index contributed by atoms with van der Waals surface area (Å²) in [5.74, 6) is -1.10. The number of hydrogen-bond donors (Lipinski definition) is 1. The molecule has 2 rings (SSSR count). The molecule has 118 valence electrons. The van der Waals surface area contributed by atoms with Crippen molar-refractivity contribution in [2.75, 3.05) is 37.8 Å². The summed E-state index contributed by atoms with van der Waals surface area (Å²) in [5, 5.41) is 8.94. The summed E-state index contributed by atoms with van der Waals surface area (Å²) < 4.78 is 43.5. The minimum absolute atomic E-state index is 0.307. The predicted octanol–water partition coefficient (Wildman–Crippen LogP) is 1.94. The predicted molar refractivity (Wildman–Crippen MR) is 72.3 cm³/mol. The van der Waals surface area contributed by atoms with Crippen molar-refractivity contribution in [2.24, 2.45) is 5.92 Å². The van der Waals surface area contributed by atoms with Crippen molar-refractivity contribution < 1.29 is 23.0 Å². The van der Waals surface area contributed by atoms with E-state index in [0.717, 1.165) is 5.56 Å². The lowest BCUT2D eigenvalue weighted by Crippen LogP contribution is -2.37. The maximum Gasteiger partial charge on any atom is 0.394 e. The molecule has 1 N–H and O–H groups in total. The minimum atomic E-state index is -4.42. The number of halogens is 3. The van der Waals surface area contributed by atoms with Crippen LogP contribution in [0, 0.1) is 12.8 Å². The monoisotopic (exact) mass is 304 g/mol. The van der Waals surface area contributed by atoms with Gasteiger partial charge in [-0.3, -0.25) is 0 Å². The number of aliphatic hydroxyl groups excluding tert-OH is 1. The molecule has 4 nitrogen and oxygen atoms in total. The summed E-state index contributed by atoms with van der Waals surface area (Å²) in [4.78, 5) is 6.32. The highest BCUT2D eigenvalue weighted by Gasteiger charge is 2.39. The first kappa shape index (κ1) is 16.0. The lowest BCUT2D eigenvalue weighted by atomic mass is 10.0. The van der Waals surface area contributed by atoms with E-state index in [-0.39, 0.29) is 6.42 Å². The van der Waals surface area contributed by atoms with Gasteiger partial charge in [0.25, 0.3) is 0 Å². The highest BCUT2D eigenvalue weighted by atomic mass is 19.4. The number of alkyl halides is 3. The number of pyridine rings is 1. The van der Waals surface area contributed by atoms with Gasteiger partial charge in [0, 0.05) is 25.2 Å². The standard InChI is InChI=1S/C14H19F3N2O2/c1-10-6-12(8-11(9-20)14(15,16)17)18-13(7-10)19-2-4-21-5-3-19/h6-7,11,20H,2-5,8-9H2,1H3/t11-/m0/s1. The Bertz CT molecular complexity index is 474. The van der Waals surface area contributed by atoms with E-state index in [9.17, 15) is 13.2 Å². The maximum absolute atomic E-state index is 12.7.